The number of aryl methyl sites for hydroxylation is 1. The van der Waals surface area contributed by atoms with E-state index in [0.29, 0.717) is 6.54 Å². The summed E-state index contributed by atoms with van der Waals surface area (Å²) in [5, 5.41) is 0. The fourth-order valence-electron chi connectivity index (χ4n) is 1.85. The van der Waals surface area contributed by atoms with E-state index in [-0.39, 0.29) is 0 Å². The molecule has 0 bridgehead atoms. The van der Waals surface area contributed by atoms with Crippen molar-refractivity contribution >= 4 is 0 Å². The molecule has 100 valence electrons. The summed E-state index contributed by atoms with van der Waals surface area (Å²) < 4.78 is 10.9. The van der Waals surface area contributed by atoms with Gasteiger partial charge in [-0.1, -0.05) is 12.1 Å². The van der Waals surface area contributed by atoms with E-state index in [9.17, 15) is 0 Å². The van der Waals surface area contributed by atoms with E-state index in [1.54, 1.807) is 7.11 Å². The van der Waals surface area contributed by atoms with Crippen LogP contribution in [0.4, 0.5) is 0 Å². The van der Waals surface area contributed by atoms with Crippen LogP contribution >= 0.6 is 0 Å². The van der Waals surface area contributed by atoms with E-state index in [0.717, 1.165) is 30.1 Å². The van der Waals surface area contributed by atoms with Crippen molar-refractivity contribution in [3.63, 3.8) is 0 Å². The van der Waals surface area contributed by atoms with Crippen molar-refractivity contribution < 1.29 is 9.47 Å². The lowest BCUT2D eigenvalue weighted by Gasteiger charge is -2.08. The van der Waals surface area contributed by atoms with Gasteiger partial charge in [-0.2, -0.15) is 0 Å². The van der Waals surface area contributed by atoms with Gasteiger partial charge in [0.1, 0.15) is 17.2 Å². The number of benzene rings is 2. The Labute approximate surface area is 114 Å². The molecule has 2 N–H and O–H groups in total. The number of hydrogen-bond acceptors (Lipinski definition) is 3. The van der Waals surface area contributed by atoms with Gasteiger partial charge in [-0.05, 0) is 61.3 Å². The highest BCUT2D eigenvalue weighted by molar-refractivity contribution is 5.36. The second-order valence-corrected chi connectivity index (χ2v) is 4.32. The molecule has 0 spiro atoms. The third kappa shape index (κ3) is 4.00. The lowest BCUT2D eigenvalue weighted by atomic mass is 10.1. The first-order valence-corrected chi connectivity index (χ1v) is 6.43. The minimum Gasteiger partial charge on any atom is -0.497 e. The molecule has 3 nitrogen and oxygen atoms in total. The monoisotopic (exact) mass is 257 g/mol. The van der Waals surface area contributed by atoms with Crippen molar-refractivity contribution in [3.8, 4) is 17.2 Å². The highest BCUT2D eigenvalue weighted by Crippen LogP contribution is 2.24. The Morgan fingerprint density at radius 1 is 0.947 bits per heavy atom. The lowest BCUT2D eigenvalue weighted by Crippen LogP contribution is -2.00. The molecule has 3 heteroatoms. The number of methoxy groups -OCH3 is 1. The molecule has 19 heavy (non-hydrogen) atoms. The molecule has 0 saturated carbocycles. The topological polar surface area (TPSA) is 44.5 Å². The average molecular weight is 257 g/mol. The van der Waals surface area contributed by atoms with Crippen molar-refractivity contribution in [1.82, 2.24) is 0 Å². The average Bonchev–Trinajstić information content (AvgIpc) is 2.46. The van der Waals surface area contributed by atoms with Gasteiger partial charge in [0.05, 0.1) is 7.11 Å². The van der Waals surface area contributed by atoms with Crippen LogP contribution in [0.25, 0.3) is 0 Å². The van der Waals surface area contributed by atoms with Crippen LogP contribution in [0, 0.1) is 0 Å². The first-order chi connectivity index (χ1) is 9.31. The molecular weight excluding hydrogens is 238 g/mol. The number of ether oxygens (including phenoxy) is 2. The van der Waals surface area contributed by atoms with Gasteiger partial charge in [0.25, 0.3) is 0 Å². The maximum absolute atomic E-state index is 5.81. The zero-order valence-corrected chi connectivity index (χ0v) is 11.1. The number of nitrogens with two attached hydrogens (primary N) is 1. The lowest BCUT2D eigenvalue weighted by molar-refractivity contribution is 0.413. The van der Waals surface area contributed by atoms with Gasteiger partial charge in [-0.15, -0.1) is 0 Å². The Morgan fingerprint density at radius 2 is 1.68 bits per heavy atom. The van der Waals surface area contributed by atoms with Gasteiger partial charge in [-0.3, -0.25) is 0 Å². The molecule has 0 unspecified atom stereocenters. The van der Waals surface area contributed by atoms with E-state index in [1.165, 1.54) is 5.56 Å². The Hall–Kier alpha value is -2.00. The maximum Gasteiger partial charge on any atom is 0.127 e. The summed E-state index contributed by atoms with van der Waals surface area (Å²) in [6.45, 7) is 0.712. The van der Waals surface area contributed by atoms with Crippen LogP contribution in [0.3, 0.4) is 0 Å². The van der Waals surface area contributed by atoms with Crippen molar-refractivity contribution in [2.24, 2.45) is 5.73 Å². The SMILES string of the molecule is COc1ccc(Oc2cccc(CCCN)c2)cc1. The molecular formula is C16H19NO2. The molecule has 0 atom stereocenters. The molecule has 0 radical (unpaired) electrons. The van der Waals surface area contributed by atoms with Crippen molar-refractivity contribution in [2.45, 2.75) is 12.8 Å². The summed E-state index contributed by atoms with van der Waals surface area (Å²) in [6.07, 6.45) is 1.97. The summed E-state index contributed by atoms with van der Waals surface area (Å²) in [7, 11) is 1.65. The predicted molar refractivity (Wildman–Crippen MR) is 76.9 cm³/mol. The van der Waals surface area contributed by atoms with E-state index < -0.39 is 0 Å². The van der Waals surface area contributed by atoms with Gasteiger partial charge < -0.3 is 15.2 Å². The van der Waals surface area contributed by atoms with Crippen LogP contribution in [0.1, 0.15) is 12.0 Å². The first kappa shape index (κ1) is 13.4. The molecule has 2 rings (SSSR count). The second kappa shape index (κ2) is 6.81. The third-order valence-corrected chi connectivity index (χ3v) is 2.86. The predicted octanol–water partition coefficient (Wildman–Crippen LogP) is 3.38. The van der Waals surface area contributed by atoms with Crippen LogP contribution in [0.2, 0.25) is 0 Å². The zero-order valence-electron chi connectivity index (χ0n) is 11.1. The Bertz CT molecular complexity index is 508. The van der Waals surface area contributed by atoms with Crippen LogP contribution < -0.4 is 15.2 Å². The van der Waals surface area contributed by atoms with Gasteiger partial charge in [0.15, 0.2) is 0 Å². The van der Waals surface area contributed by atoms with E-state index in [1.807, 2.05) is 36.4 Å². The van der Waals surface area contributed by atoms with Crippen molar-refractivity contribution in [3.05, 3.63) is 54.1 Å². The Morgan fingerprint density at radius 3 is 2.37 bits per heavy atom. The molecule has 2 aromatic rings. The molecule has 0 aliphatic heterocycles. The molecule has 0 aliphatic carbocycles. The molecule has 0 aliphatic rings. The third-order valence-electron chi connectivity index (χ3n) is 2.86. The largest absolute Gasteiger partial charge is 0.497 e. The van der Waals surface area contributed by atoms with E-state index >= 15 is 0 Å². The molecule has 0 fully saturated rings. The maximum atomic E-state index is 5.81. The summed E-state index contributed by atoms with van der Waals surface area (Å²) in [6, 6.07) is 15.7. The Balaban J connectivity index is 2.05. The minimum absolute atomic E-state index is 0.712. The smallest absolute Gasteiger partial charge is 0.127 e. The van der Waals surface area contributed by atoms with Gasteiger partial charge in [-0.25, -0.2) is 0 Å². The van der Waals surface area contributed by atoms with Crippen LogP contribution in [0.5, 0.6) is 17.2 Å². The zero-order chi connectivity index (χ0) is 13.5. The van der Waals surface area contributed by atoms with Gasteiger partial charge in [0, 0.05) is 0 Å². The highest BCUT2D eigenvalue weighted by Gasteiger charge is 2.00. The van der Waals surface area contributed by atoms with Crippen molar-refractivity contribution in [2.75, 3.05) is 13.7 Å². The summed E-state index contributed by atoms with van der Waals surface area (Å²) in [5.41, 5.74) is 6.77. The summed E-state index contributed by atoms with van der Waals surface area (Å²) in [4.78, 5) is 0. The number of rotatable bonds is 6. The highest BCUT2D eigenvalue weighted by atomic mass is 16.5. The fourth-order valence-corrected chi connectivity index (χ4v) is 1.85. The molecule has 0 amide bonds. The Kier molecular flexibility index (Phi) is 4.81. The van der Waals surface area contributed by atoms with Gasteiger partial charge in [0.2, 0.25) is 0 Å². The quantitative estimate of drug-likeness (QED) is 0.862. The molecule has 0 saturated heterocycles. The second-order valence-electron chi connectivity index (χ2n) is 4.32. The summed E-state index contributed by atoms with van der Waals surface area (Å²) >= 11 is 0. The van der Waals surface area contributed by atoms with Crippen LogP contribution in [0.15, 0.2) is 48.5 Å². The number of hydrogen-bond donors (Lipinski definition) is 1. The van der Waals surface area contributed by atoms with E-state index in [2.05, 4.69) is 12.1 Å². The summed E-state index contributed by atoms with van der Waals surface area (Å²) in [5.74, 6) is 2.47. The molecule has 2 aromatic carbocycles. The van der Waals surface area contributed by atoms with E-state index in [4.69, 9.17) is 15.2 Å². The van der Waals surface area contributed by atoms with Crippen molar-refractivity contribution in [1.29, 1.82) is 0 Å². The van der Waals surface area contributed by atoms with Gasteiger partial charge >= 0.3 is 0 Å². The first-order valence-electron chi connectivity index (χ1n) is 6.43. The standard InChI is InChI=1S/C16H19NO2/c1-18-14-7-9-15(10-8-14)19-16-6-2-4-13(12-16)5-3-11-17/h2,4,6-10,12H,3,5,11,17H2,1H3. The normalized spacial score (nSPS) is 10.2. The van der Waals surface area contributed by atoms with Crippen LogP contribution in [-0.4, -0.2) is 13.7 Å². The molecule has 0 heterocycles. The fraction of sp³-hybridized carbons (Fsp3) is 0.250. The van der Waals surface area contributed by atoms with Crippen LogP contribution in [-0.2, 0) is 6.42 Å². The minimum atomic E-state index is 0.712. The molecule has 0 aromatic heterocycles.